The second kappa shape index (κ2) is 9.10. The number of benzene rings is 1. The van der Waals surface area contributed by atoms with Crippen molar-refractivity contribution in [1.29, 1.82) is 0 Å². The number of fused-ring (bicyclic) bond motifs is 1. The van der Waals surface area contributed by atoms with Gasteiger partial charge in [-0.3, -0.25) is 14.4 Å². The standard InChI is InChI=1S/C26H33N3O5/c1-8-25(4,5)22-18(13-20-24(32)27-14(2)23(31)29-20)17-11-16(9-10-19(17)28-22)12-21(26(6,7)33)34-15(3)30/h8-11,13-14,21,28,33H,1,12H2,2-7H3,(H,27,32)(H,29,31)/b20-13-/t14-,21-/m0/s1. The summed E-state index contributed by atoms with van der Waals surface area (Å²) in [5.41, 5.74) is 1.72. The van der Waals surface area contributed by atoms with Crippen LogP contribution >= 0.6 is 0 Å². The van der Waals surface area contributed by atoms with Gasteiger partial charge in [-0.1, -0.05) is 26.0 Å². The Kier molecular flexibility index (Phi) is 6.75. The number of esters is 1. The van der Waals surface area contributed by atoms with Gasteiger partial charge in [0.1, 0.15) is 17.8 Å². The largest absolute Gasteiger partial charge is 0.459 e. The van der Waals surface area contributed by atoms with Gasteiger partial charge in [0.15, 0.2) is 0 Å². The van der Waals surface area contributed by atoms with E-state index in [9.17, 15) is 19.5 Å². The van der Waals surface area contributed by atoms with Crippen molar-refractivity contribution in [2.24, 2.45) is 0 Å². The molecule has 3 rings (SSSR count). The first-order valence-electron chi connectivity index (χ1n) is 11.2. The van der Waals surface area contributed by atoms with E-state index in [4.69, 9.17) is 4.74 Å². The van der Waals surface area contributed by atoms with Crippen molar-refractivity contribution in [3.8, 4) is 0 Å². The summed E-state index contributed by atoms with van der Waals surface area (Å²) in [5, 5.41) is 16.7. The van der Waals surface area contributed by atoms with Gasteiger partial charge in [-0.15, -0.1) is 6.58 Å². The molecule has 0 bridgehead atoms. The highest BCUT2D eigenvalue weighted by Gasteiger charge is 2.31. The van der Waals surface area contributed by atoms with Crippen LogP contribution in [0.3, 0.4) is 0 Å². The minimum atomic E-state index is -1.24. The molecular weight excluding hydrogens is 434 g/mol. The number of allylic oxidation sites excluding steroid dienone is 1. The maximum absolute atomic E-state index is 12.6. The summed E-state index contributed by atoms with van der Waals surface area (Å²) in [4.78, 5) is 39.8. The Balaban J connectivity index is 2.15. The van der Waals surface area contributed by atoms with Crippen molar-refractivity contribution in [2.75, 3.05) is 0 Å². The number of H-pyrrole nitrogens is 1. The zero-order valence-electron chi connectivity index (χ0n) is 20.5. The Hall–Kier alpha value is -3.39. The van der Waals surface area contributed by atoms with E-state index in [0.717, 1.165) is 27.7 Å². The third-order valence-electron chi connectivity index (χ3n) is 6.11. The van der Waals surface area contributed by atoms with Gasteiger partial charge in [0.2, 0.25) is 5.91 Å². The second-order valence-corrected chi connectivity index (χ2v) is 9.92. The number of carbonyl (C=O) groups is 3. The molecule has 1 aliphatic rings. The zero-order valence-corrected chi connectivity index (χ0v) is 20.5. The number of nitrogens with one attached hydrogen (secondary N) is 3. The van der Waals surface area contributed by atoms with Crippen LogP contribution < -0.4 is 10.6 Å². The van der Waals surface area contributed by atoms with E-state index < -0.39 is 29.1 Å². The number of ether oxygens (including phenoxy) is 1. The fraction of sp³-hybridized carbons (Fsp3) is 0.423. The van der Waals surface area contributed by atoms with E-state index in [-0.39, 0.29) is 17.5 Å². The Bertz CT molecular complexity index is 1180. The molecule has 2 atom stereocenters. The Labute approximate surface area is 199 Å². The summed E-state index contributed by atoms with van der Waals surface area (Å²) in [7, 11) is 0. The van der Waals surface area contributed by atoms with Crippen LogP contribution in [0.4, 0.5) is 0 Å². The smallest absolute Gasteiger partial charge is 0.303 e. The SMILES string of the molecule is C=CC(C)(C)c1[nH]c2ccc(C[C@H](OC(C)=O)C(C)(C)O)cc2c1/C=C1\NC(=O)[C@H](C)NC1=O. The van der Waals surface area contributed by atoms with E-state index in [0.29, 0.717) is 6.42 Å². The van der Waals surface area contributed by atoms with Gasteiger partial charge in [-0.2, -0.15) is 0 Å². The topological polar surface area (TPSA) is 121 Å². The molecule has 8 heteroatoms. The normalized spacial score (nSPS) is 19.0. The number of aromatic nitrogens is 1. The van der Waals surface area contributed by atoms with E-state index >= 15 is 0 Å². The number of hydrogen-bond acceptors (Lipinski definition) is 5. The summed E-state index contributed by atoms with van der Waals surface area (Å²) in [6.45, 7) is 14.1. The number of piperazine rings is 1. The van der Waals surface area contributed by atoms with Gasteiger partial charge in [0, 0.05) is 40.9 Å². The minimum Gasteiger partial charge on any atom is -0.459 e. The van der Waals surface area contributed by atoms with Crippen molar-refractivity contribution in [2.45, 2.75) is 71.1 Å². The molecule has 2 amide bonds. The van der Waals surface area contributed by atoms with E-state index in [1.54, 1.807) is 26.8 Å². The summed E-state index contributed by atoms with van der Waals surface area (Å²) >= 11 is 0. The second-order valence-electron chi connectivity index (χ2n) is 9.92. The molecule has 0 spiro atoms. The fourth-order valence-corrected chi connectivity index (χ4v) is 3.88. The molecule has 4 N–H and O–H groups in total. The van der Waals surface area contributed by atoms with Gasteiger partial charge < -0.3 is 25.5 Å². The molecule has 1 aliphatic heterocycles. The van der Waals surface area contributed by atoms with Crippen LogP contribution in [0.2, 0.25) is 0 Å². The van der Waals surface area contributed by atoms with Crippen LogP contribution in [-0.2, 0) is 31.0 Å². The highest BCUT2D eigenvalue weighted by Crippen LogP contribution is 2.35. The minimum absolute atomic E-state index is 0.157. The molecule has 0 unspecified atom stereocenters. The van der Waals surface area contributed by atoms with Crippen LogP contribution in [0.5, 0.6) is 0 Å². The summed E-state index contributed by atoms with van der Waals surface area (Å²) in [6, 6.07) is 5.14. The van der Waals surface area contributed by atoms with Gasteiger partial charge in [-0.25, -0.2) is 0 Å². The number of aromatic amines is 1. The van der Waals surface area contributed by atoms with E-state index in [1.807, 2.05) is 38.1 Å². The molecule has 8 nitrogen and oxygen atoms in total. The molecule has 2 aromatic rings. The molecule has 2 heterocycles. The highest BCUT2D eigenvalue weighted by atomic mass is 16.6. The van der Waals surface area contributed by atoms with E-state index in [1.165, 1.54) is 6.92 Å². The molecular formula is C26H33N3O5. The number of aliphatic hydroxyl groups is 1. The first kappa shape index (κ1) is 25.2. The Morgan fingerprint density at radius 3 is 2.53 bits per heavy atom. The lowest BCUT2D eigenvalue weighted by Crippen LogP contribution is -2.53. The van der Waals surface area contributed by atoms with Crippen LogP contribution in [0.1, 0.15) is 58.4 Å². The van der Waals surface area contributed by atoms with Crippen LogP contribution in [0.25, 0.3) is 17.0 Å². The van der Waals surface area contributed by atoms with Crippen molar-refractivity contribution >= 4 is 34.8 Å². The Morgan fingerprint density at radius 2 is 1.94 bits per heavy atom. The number of amides is 2. The lowest BCUT2D eigenvalue weighted by molar-refractivity contribution is -0.159. The molecule has 1 aromatic carbocycles. The molecule has 1 aromatic heterocycles. The van der Waals surface area contributed by atoms with Gasteiger partial charge in [-0.05, 0) is 44.5 Å². The number of hydrogen-bond donors (Lipinski definition) is 4. The monoisotopic (exact) mass is 467 g/mol. The van der Waals surface area contributed by atoms with Crippen LogP contribution in [0.15, 0.2) is 36.6 Å². The first-order chi connectivity index (χ1) is 15.7. The predicted molar refractivity (Wildman–Crippen MR) is 131 cm³/mol. The Morgan fingerprint density at radius 1 is 1.26 bits per heavy atom. The molecule has 0 aliphatic carbocycles. The average Bonchev–Trinajstić information content (AvgIpc) is 3.09. The molecule has 1 saturated heterocycles. The molecule has 1 fully saturated rings. The summed E-state index contributed by atoms with van der Waals surface area (Å²) in [5.74, 6) is -1.12. The van der Waals surface area contributed by atoms with Gasteiger partial charge >= 0.3 is 5.97 Å². The quantitative estimate of drug-likeness (QED) is 0.284. The summed E-state index contributed by atoms with van der Waals surface area (Å²) in [6.07, 6.45) is 3.04. The van der Waals surface area contributed by atoms with Crippen molar-refractivity contribution < 1.29 is 24.2 Å². The fourth-order valence-electron chi connectivity index (χ4n) is 3.88. The number of rotatable bonds is 7. The molecule has 0 radical (unpaired) electrons. The molecule has 182 valence electrons. The number of carbonyl (C=O) groups excluding carboxylic acids is 3. The van der Waals surface area contributed by atoms with E-state index in [2.05, 4.69) is 22.2 Å². The van der Waals surface area contributed by atoms with Crippen LogP contribution in [-0.4, -0.2) is 45.6 Å². The van der Waals surface area contributed by atoms with Gasteiger partial charge in [0.25, 0.3) is 5.91 Å². The van der Waals surface area contributed by atoms with Crippen molar-refractivity contribution in [3.63, 3.8) is 0 Å². The zero-order chi connectivity index (χ0) is 25.4. The van der Waals surface area contributed by atoms with Gasteiger partial charge in [0.05, 0.1) is 5.60 Å². The average molecular weight is 468 g/mol. The third-order valence-corrected chi connectivity index (χ3v) is 6.11. The molecule has 0 saturated carbocycles. The highest BCUT2D eigenvalue weighted by molar-refractivity contribution is 6.08. The summed E-state index contributed by atoms with van der Waals surface area (Å²) < 4.78 is 5.37. The lowest BCUT2D eigenvalue weighted by Gasteiger charge is -2.28. The predicted octanol–water partition coefficient (Wildman–Crippen LogP) is 2.85. The van der Waals surface area contributed by atoms with Crippen molar-refractivity contribution in [1.82, 2.24) is 15.6 Å². The first-order valence-corrected chi connectivity index (χ1v) is 11.2. The maximum atomic E-state index is 12.6. The third kappa shape index (κ3) is 5.22. The van der Waals surface area contributed by atoms with Crippen molar-refractivity contribution in [3.05, 3.63) is 53.4 Å². The maximum Gasteiger partial charge on any atom is 0.303 e. The van der Waals surface area contributed by atoms with Crippen LogP contribution in [0, 0.1) is 0 Å². The molecule has 34 heavy (non-hydrogen) atoms. The lowest BCUT2D eigenvalue weighted by atomic mass is 9.86.